The molecule has 0 aliphatic carbocycles. The number of halogens is 1. The smallest absolute Gasteiger partial charge is 0.286 e. The van der Waals surface area contributed by atoms with Gasteiger partial charge in [0.25, 0.3) is 5.91 Å². The molecule has 126 valence electrons. The molecule has 1 aromatic rings. The summed E-state index contributed by atoms with van der Waals surface area (Å²) < 4.78 is -0.828. The number of rotatable bonds is 5. The zero-order valence-corrected chi connectivity index (χ0v) is 15.4. The zero-order chi connectivity index (χ0) is 17.3. The van der Waals surface area contributed by atoms with Crippen LogP contribution in [0.1, 0.15) is 18.5 Å². The summed E-state index contributed by atoms with van der Waals surface area (Å²) in [6, 6.07) is 4.68. The Balaban J connectivity index is 1.86. The topological polar surface area (TPSA) is 100 Å². The number of carbonyl (C=O) groups is 3. The lowest BCUT2D eigenvalue weighted by Gasteiger charge is -2.32. The monoisotopic (exact) mass is 460 g/mol. The van der Waals surface area contributed by atoms with E-state index in [2.05, 4.69) is 32.8 Å². The maximum Gasteiger partial charge on any atom is 0.286 e. The highest BCUT2D eigenvalue weighted by Gasteiger charge is 2.61. The first-order valence-electron chi connectivity index (χ1n) is 7.20. The molecule has 2 unspecified atom stereocenters. The third-order valence-electron chi connectivity index (χ3n) is 3.92. The maximum atomic E-state index is 12.8. The van der Waals surface area contributed by atoms with Crippen molar-refractivity contribution >= 4 is 52.1 Å². The van der Waals surface area contributed by atoms with Crippen LogP contribution < -0.4 is 0 Å². The van der Waals surface area contributed by atoms with E-state index in [1.807, 2.05) is 12.1 Å². The molecular formula is C14H13IN4O4S. The van der Waals surface area contributed by atoms with Crippen LogP contribution in [0.15, 0.2) is 29.6 Å². The molecule has 2 aliphatic heterocycles. The van der Waals surface area contributed by atoms with Crippen LogP contribution in [-0.2, 0) is 20.9 Å². The van der Waals surface area contributed by atoms with E-state index < -0.39 is 15.0 Å². The summed E-state index contributed by atoms with van der Waals surface area (Å²) >= 11 is 3.46. The number of pyridine rings is 1. The van der Waals surface area contributed by atoms with Crippen molar-refractivity contribution in [2.75, 3.05) is 5.75 Å². The van der Waals surface area contributed by atoms with Gasteiger partial charge in [0, 0.05) is 17.8 Å². The Kier molecular flexibility index (Phi) is 4.85. The van der Waals surface area contributed by atoms with Gasteiger partial charge >= 0.3 is 0 Å². The standard InChI is InChI=1S/C14H13IN4O4S/c15-14-18(7-9-3-1-2-6-16-9)13(22)10(4-5-11(20)17-23)19(14)12(21)8-24-14/h1-3,6,10H,4-5,7-8H2. The molecule has 10 heteroatoms. The Labute approximate surface area is 155 Å². The number of nitroso groups, excluding NO2 is 1. The molecular weight excluding hydrogens is 447 g/mol. The minimum Gasteiger partial charge on any atom is -0.294 e. The summed E-state index contributed by atoms with van der Waals surface area (Å²) in [6.45, 7) is 0.274. The van der Waals surface area contributed by atoms with E-state index in [-0.39, 0.29) is 37.0 Å². The summed E-state index contributed by atoms with van der Waals surface area (Å²) in [4.78, 5) is 53.9. The number of hydrogen-bond acceptors (Lipinski definition) is 6. The number of hydrogen-bond donors (Lipinski definition) is 0. The van der Waals surface area contributed by atoms with E-state index in [0.29, 0.717) is 5.69 Å². The van der Waals surface area contributed by atoms with Crippen LogP contribution in [0.25, 0.3) is 0 Å². The minimum absolute atomic E-state index is 0.0964. The van der Waals surface area contributed by atoms with Crippen LogP contribution in [-0.4, -0.2) is 47.3 Å². The van der Waals surface area contributed by atoms with Crippen LogP contribution in [0.5, 0.6) is 0 Å². The van der Waals surface area contributed by atoms with Gasteiger partial charge < -0.3 is 0 Å². The molecule has 3 rings (SSSR count). The molecule has 3 heterocycles. The molecule has 2 atom stereocenters. The predicted molar refractivity (Wildman–Crippen MR) is 94.7 cm³/mol. The summed E-state index contributed by atoms with van der Waals surface area (Å²) in [5, 5.41) is 2.35. The van der Waals surface area contributed by atoms with Crippen molar-refractivity contribution < 1.29 is 14.4 Å². The van der Waals surface area contributed by atoms with E-state index in [0.717, 1.165) is 0 Å². The lowest BCUT2D eigenvalue weighted by Crippen LogP contribution is -2.44. The number of thioether (sulfide) groups is 1. The Hall–Kier alpha value is -1.56. The van der Waals surface area contributed by atoms with Crippen molar-refractivity contribution in [3.63, 3.8) is 0 Å². The number of alkyl halides is 1. The Bertz CT molecular complexity index is 703. The lowest BCUT2D eigenvalue weighted by atomic mass is 10.1. The van der Waals surface area contributed by atoms with Crippen LogP contribution in [0, 0.1) is 4.91 Å². The van der Waals surface area contributed by atoms with Gasteiger partial charge in [0.15, 0.2) is 0 Å². The molecule has 0 radical (unpaired) electrons. The fourth-order valence-electron chi connectivity index (χ4n) is 2.83. The molecule has 0 N–H and O–H groups in total. The van der Waals surface area contributed by atoms with Crippen LogP contribution in [0.2, 0.25) is 0 Å². The van der Waals surface area contributed by atoms with Gasteiger partial charge in [-0.15, -0.1) is 4.91 Å². The van der Waals surface area contributed by atoms with Gasteiger partial charge in [0.1, 0.15) is 6.04 Å². The van der Waals surface area contributed by atoms with E-state index in [9.17, 15) is 19.3 Å². The van der Waals surface area contributed by atoms with Crippen molar-refractivity contribution in [3.05, 3.63) is 35.0 Å². The number of amides is 3. The zero-order valence-electron chi connectivity index (χ0n) is 12.4. The van der Waals surface area contributed by atoms with Gasteiger partial charge in [-0.25, -0.2) is 0 Å². The molecule has 0 bridgehead atoms. The molecule has 0 aromatic carbocycles. The van der Waals surface area contributed by atoms with Crippen LogP contribution >= 0.6 is 34.4 Å². The summed E-state index contributed by atoms with van der Waals surface area (Å²) in [5.74, 6) is -0.938. The minimum atomic E-state index is -0.828. The van der Waals surface area contributed by atoms with E-state index in [4.69, 9.17) is 0 Å². The highest BCUT2D eigenvalue weighted by Crippen LogP contribution is 2.52. The number of carbonyl (C=O) groups excluding carboxylic acids is 3. The average molecular weight is 460 g/mol. The van der Waals surface area contributed by atoms with Gasteiger partial charge in [-0.1, -0.05) is 17.8 Å². The van der Waals surface area contributed by atoms with Gasteiger partial charge in [0.05, 0.1) is 18.0 Å². The van der Waals surface area contributed by atoms with Gasteiger partial charge in [0.2, 0.25) is 14.8 Å². The van der Waals surface area contributed by atoms with Gasteiger partial charge in [-0.05, 0) is 41.1 Å². The molecule has 8 nitrogen and oxygen atoms in total. The summed E-state index contributed by atoms with van der Waals surface area (Å²) in [5.41, 5.74) is 0.716. The fourth-order valence-corrected chi connectivity index (χ4v) is 5.44. The fraction of sp³-hybridized carbons (Fsp3) is 0.429. The summed E-state index contributed by atoms with van der Waals surface area (Å²) in [7, 11) is 0. The van der Waals surface area contributed by atoms with E-state index in [1.54, 1.807) is 17.2 Å². The first-order valence-corrected chi connectivity index (χ1v) is 9.26. The SMILES string of the molecule is O=NC(=O)CCC1C(=O)N(Cc2ccccn2)C2(I)SCC(=O)N12. The third kappa shape index (κ3) is 2.92. The Morgan fingerprint density at radius 3 is 2.92 bits per heavy atom. The van der Waals surface area contributed by atoms with E-state index in [1.165, 1.54) is 16.7 Å². The molecule has 2 aliphatic rings. The number of fused-ring (bicyclic) bond motifs is 1. The molecule has 1 aromatic heterocycles. The Morgan fingerprint density at radius 1 is 1.46 bits per heavy atom. The quantitative estimate of drug-likeness (QED) is 0.286. The second kappa shape index (κ2) is 6.75. The van der Waals surface area contributed by atoms with Crippen molar-refractivity contribution in [2.24, 2.45) is 5.18 Å². The predicted octanol–water partition coefficient (Wildman–Crippen LogP) is 1.49. The van der Waals surface area contributed by atoms with E-state index >= 15 is 0 Å². The second-order valence-corrected chi connectivity index (χ2v) is 8.75. The first-order chi connectivity index (χ1) is 11.5. The van der Waals surface area contributed by atoms with Gasteiger partial charge in [-0.2, -0.15) is 0 Å². The Morgan fingerprint density at radius 2 is 2.25 bits per heavy atom. The highest BCUT2D eigenvalue weighted by molar-refractivity contribution is 14.1. The third-order valence-corrected chi connectivity index (χ3v) is 7.13. The normalized spacial score (nSPS) is 26.0. The first kappa shape index (κ1) is 17.3. The van der Waals surface area contributed by atoms with Crippen LogP contribution in [0.4, 0.5) is 0 Å². The molecule has 24 heavy (non-hydrogen) atoms. The molecule has 3 amide bonds. The maximum absolute atomic E-state index is 12.8. The van der Waals surface area contributed by atoms with Crippen molar-refractivity contribution in [2.45, 2.75) is 28.4 Å². The van der Waals surface area contributed by atoms with Crippen LogP contribution in [0.3, 0.4) is 0 Å². The molecule has 2 saturated heterocycles. The van der Waals surface area contributed by atoms with Crippen molar-refractivity contribution in [1.82, 2.24) is 14.8 Å². The molecule has 0 saturated carbocycles. The average Bonchev–Trinajstić information content (AvgIpc) is 2.99. The second-order valence-electron chi connectivity index (χ2n) is 5.37. The largest absolute Gasteiger partial charge is 0.294 e. The number of aromatic nitrogens is 1. The molecule has 0 spiro atoms. The molecule has 2 fully saturated rings. The highest BCUT2D eigenvalue weighted by atomic mass is 127. The number of nitrogens with zero attached hydrogens (tertiary/aromatic N) is 4. The summed E-state index contributed by atoms with van der Waals surface area (Å²) in [6.07, 6.45) is 1.59. The van der Waals surface area contributed by atoms with Crippen molar-refractivity contribution in [1.29, 1.82) is 0 Å². The van der Waals surface area contributed by atoms with Gasteiger partial charge in [-0.3, -0.25) is 29.2 Å². The lowest BCUT2D eigenvalue weighted by molar-refractivity contribution is -0.134. The van der Waals surface area contributed by atoms with Crippen molar-refractivity contribution in [3.8, 4) is 0 Å².